The van der Waals surface area contributed by atoms with Crippen LogP contribution in [0.2, 0.25) is 0 Å². The summed E-state index contributed by atoms with van der Waals surface area (Å²) in [5, 5.41) is 16.7. The summed E-state index contributed by atoms with van der Waals surface area (Å²) in [5.41, 5.74) is 4.74. The first-order chi connectivity index (χ1) is 15.0. The lowest BCUT2D eigenvalue weighted by Gasteiger charge is -2.26. The second-order valence-corrected chi connectivity index (χ2v) is 7.69. The Hall–Kier alpha value is -3.48. The zero-order chi connectivity index (χ0) is 22.1. The molecule has 2 aromatic rings. The summed E-state index contributed by atoms with van der Waals surface area (Å²) >= 11 is 0. The highest BCUT2D eigenvalue weighted by atomic mass is 15.3. The Morgan fingerprint density at radius 1 is 0.968 bits per heavy atom. The highest BCUT2D eigenvalue weighted by Crippen LogP contribution is 2.22. The first-order valence-corrected chi connectivity index (χ1v) is 10.6. The molecular weight excluding hydrogens is 386 g/mol. The van der Waals surface area contributed by atoms with E-state index in [9.17, 15) is 0 Å². The fourth-order valence-corrected chi connectivity index (χ4v) is 3.14. The van der Waals surface area contributed by atoms with Gasteiger partial charge in [-0.25, -0.2) is 0 Å². The molecule has 0 bridgehead atoms. The predicted octanol–water partition coefficient (Wildman–Crippen LogP) is 5.42. The van der Waals surface area contributed by atoms with Crippen LogP contribution < -0.4 is 4.90 Å². The first kappa shape index (κ1) is 22.2. The maximum absolute atomic E-state index is 4.36. The van der Waals surface area contributed by atoms with E-state index in [1.165, 1.54) is 5.69 Å². The fourth-order valence-electron chi connectivity index (χ4n) is 3.14. The molecule has 1 heterocycles. The molecule has 1 aliphatic rings. The number of anilines is 1. The Morgan fingerprint density at radius 3 is 2.16 bits per heavy atom. The summed E-state index contributed by atoms with van der Waals surface area (Å²) in [6.45, 7) is 9.92. The second kappa shape index (κ2) is 11.1. The lowest BCUT2D eigenvalue weighted by Crippen LogP contribution is -2.33. The van der Waals surface area contributed by atoms with Crippen LogP contribution >= 0.6 is 0 Å². The van der Waals surface area contributed by atoms with Crippen molar-refractivity contribution in [1.29, 1.82) is 0 Å². The molecule has 7 heteroatoms. The van der Waals surface area contributed by atoms with E-state index in [1.807, 2.05) is 50.2 Å². The van der Waals surface area contributed by atoms with Gasteiger partial charge in [0.05, 0.1) is 24.3 Å². The molecule has 0 saturated heterocycles. The average Bonchev–Trinajstić information content (AvgIpc) is 3.19. The number of rotatable bonds is 9. The smallest absolute Gasteiger partial charge is 0.0891 e. The number of hydrogen-bond donors (Lipinski definition) is 0. The van der Waals surface area contributed by atoms with Gasteiger partial charge in [0.1, 0.15) is 0 Å². The molecule has 0 fully saturated rings. The Kier molecular flexibility index (Phi) is 7.92. The van der Waals surface area contributed by atoms with Crippen molar-refractivity contribution in [1.82, 2.24) is 9.80 Å². The molecule has 0 aliphatic carbocycles. The standard InChI is InChI=1S/C24H31N7/c1-5-31(17-16-30-15-14-29(4)19-30)24-12-10-23(11-13-24)28-27-22-8-6-21(7-9-22)18-25-26-20(2)3/h6-15,18H,5,16-17,19H2,1-4H3/b25-18+,28-27?. The summed E-state index contributed by atoms with van der Waals surface area (Å²) in [5.74, 6) is 0. The molecule has 7 nitrogen and oxygen atoms in total. The largest absolute Gasteiger partial charge is 0.370 e. The summed E-state index contributed by atoms with van der Waals surface area (Å²) in [4.78, 5) is 6.87. The van der Waals surface area contributed by atoms with E-state index in [0.717, 1.165) is 49.0 Å². The molecule has 0 amide bonds. The van der Waals surface area contributed by atoms with Crippen LogP contribution in [0.5, 0.6) is 0 Å². The SMILES string of the molecule is CCN(CCN1C=CN(C)C1)c1ccc(N=Nc2ccc(/C=N/N=C(C)C)cc2)cc1. The van der Waals surface area contributed by atoms with Crippen LogP contribution in [0.25, 0.3) is 0 Å². The number of nitrogens with zero attached hydrogens (tertiary/aromatic N) is 7. The molecule has 0 saturated carbocycles. The number of hydrogen-bond acceptors (Lipinski definition) is 7. The van der Waals surface area contributed by atoms with Crippen LogP contribution in [-0.4, -0.2) is 55.1 Å². The Balaban J connectivity index is 1.55. The molecule has 0 atom stereocenters. The molecule has 2 aromatic carbocycles. The molecule has 162 valence electrons. The minimum absolute atomic E-state index is 0.801. The first-order valence-electron chi connectivity index (χ1n) is 10.6. The van der Waals surface area contributed by atoms with Gasteiger partial charge in [-0.15, -0.1) is 0 Å². The summed E-state index contributed by atoms with van der Waals surface area (Å²) in [6, 6.07) is 16.0. The quantitative estimate of drug-likeness (QED) is 0.311. The van der Waals surface area contributed by atoms with Crippen LogP contribution in [0.3, 0.4) is 0 Å². The van der Waals surface area contributed by atoms with Crippen LogP contribution in [0.15, 0.2) is 81.4 Å². The third-order valence-corrected chi connectivity index (χ3v) is 4.83. The highest BCUT2D eigenvalue weighted by Gasteiger charge is 2.10. The zero-order valence-electron chi connectivity index (χ0n) is 18.8. The van der Waals surface area contributed by atoms with Crippen molar-refractivity contribution in [2.45, 2.75) is 20.8 Å². The van der Waals surface area contributed by atoms with E-state index < -0.39 is 0 Å². The van der Waals surface area contributed by atoms with E-state index in [2.05, 4.69) is 73.6 Å². The van der Waals surface area contributed by atoms with Gasteiger partial charge in [-0.1, -0.05) is 12.1 Å². The molecule has 0 unspecified atom stereocenters. The third kappa shape index (κ3) is 7.06. The maximum Gasteiger partial charge on any atom is 0.0891 e. The number of benzene rings is 2. The average molecular weight is 418 g/mol. The van der Waals surface area contributed by atoms with Gasteiger partial charge in [-0.05, 0) is 62.7 Å². The van der Waals surface area contributed by atoms with E-state index >= 15 is 0 Å². The second-order valence-electron chi connectivity index (χ2n) is 7.69. The number of likely N-dealkylation sites (N-methyl/N-ethyl adjacent to an activating group) is 1. The van der Waals surface area contributed by atoms with Gasteiger partial charge in [-0.2, -0.15) is 20.4 Å². The molecule has 0 aromatic heterocycles. The van der Waals surface area contributed by atoms with Crippen LogP contribution in [0, 0.1) is 0 Å². The van der Waals surface area contributed by atoms with Crippen molar-refractivity contribution in [3.8, 4) is 0 Å². The molecular formula is C24H31N7. The van der Waals surface area contributed by atoms with Gasteiger partial charge < -0.3 is 14.7 Å². The van der Waals surface area contributed by atoms with E-state index in [0.29, 0.717) is 0 Å². The molecule has 0 spiro atoms. The lowest BCUT2D eigenvalue weighted by atomic mass is 10.2. The van der Waals surface area contributed by atoms with Crippen molar-refractivity contribution in [2.75, 3.05) is 38.3 Å². The fraction of sp³-hybridized carbons (Fsp3) is 0.333. The third-order valence-electron chi connectivity index (χ3n) is 4.83. The highest BCUT2D eigenvalue weighted by molar-refractivity contribution is 5.83. The molecule has 1 aliphatic heterocycles. The van der Waals surface area contributed by atoms with Gasteiger partial charge in [0, 0.05) is 50.5 Å². The molecule has 0 N–H and O–H groups in total. The van der Waals surface area contributed by atoms with E-state index in [-0.39, 0.29) is 0 Å². The Bertz CT molecular complexity index is 939. The molecule has 3 rings (SSSR count). The minimum atomic E-state index is 0.801. The van der Waals surface area contributed by atoms with Gasteiger partial charge in [-0.3, -0.25) is 0 Å². The van der Waals surface area contributed by atoms with E-state index in [1.54, 1.807) is 6.21 Å². The van der Waals surface area contributed by atoms with E-state index in [4.69, 9.17) is 0 Å². The molecule has 31 heavy (non-hydrogen) atoms. The number of azo groups is 1. The van der Waals surface area contributed by atoms with Crippen molar-refractivity contribution >= 4 is 29.0 Å². The monoisotopic (exact) mass is 417 g/mol. The molecule has 0 radical (unpaired) electrons. The lowest BCUT2D eigenvalue weighted by molar-refractivity contribution is 0.301. The van der Waals surface area contributed by atoms with Crippen molar-refractivity contribution in [3.05, 3.63) is 66.5 Å². The van der Waals surface area contributed by atoms with Gasteiger partial charge in [0.25, 0.3) is 0 Å². The van der Waals surface area contributed by atoms with Crippen LogP contribution in [0.4, 0.5) is 17.1 Å². The van der Waals surface area contributed by atoms with Gasteiger partial charge in [0.15, 0.2) is 0 Å². The van der Waals surface area contributed by atoms with Crippen molar-refractivity contribution in [3.63, 3.8) is 0 Å². The van der Waals surface area contributed by atoms with Crippen LogP contribution in [-0.2, 0) is 0 Å². The van der Waals surface area contributed by atoms with Gasteiger partial charge in [0.2, 0.25) is 0 Å². The summed E-state index contributed by atoms with van der Waals surface area (Å²) in [6.07, 6.45) is 5.99. The predicted molar refractivity (Wildman–Crippen MR) is 130 cm³/mol. The topological polar surface area (TPSA) is 59.2 Å². The maximum atomic E-state index is 4.36. The zero-order valence-corrected chi connectivity index (χ0v) is 18.8. The Morgan fingerprint density at radius 2 is 1.61 bits per heavy atom. The normalized spacial score (nSPS) is 13.5. The summed E-state index contributed by atoms with van der Waals surface area (Å²) in [7, 11) is 2.09. The minimum Gasteiger partial charge on any atom is -0.370 e. The Labute approximate surface area is 185 Å². The van der Waals surface area contributed by atoms with Crippen LogP contribution in [0.1, 0.15) is 26.3 Å². The van der Waals surface area contributed by atoms with Crippen molar-refractivity contribution < 1.29 is 0 Å². The van der Waals surface area contributed by atoms with Crippen molar-refractivity contribution in [2.24, 2.45) is 20.4 Å². The van der Waals surface area contributed by atoms with Gasteiger partial charge >= 0.3 is 0 Å². The summed E-state index contributed by atoms with van der Waals surface area (Å²) < 4.78 is 0.